The minimum absolute atomic E-state index is 0.0610. The van der Waals surface area contributed by atoms with Gasteiger partial charge in [0, 0.05) is 25.3 Å². The predicted octanol–water partition coefficient (Wildman–Crippen LogP) is 3.84. The number of nitrogens with zero attached hydrogens (tertiary/aromatic N) is 2. The average Bonchev–Trinajstić information content (AvgIpc) is 2.71. The fourth-order valence-electron chi connectivity index (χ4n) is 4.04. The number of piperidine rings is 2. The molecule has 2 aliphatic heterocycles. The van der Waals surface area contributed by atoms with E-state index in [2.05, 4.69) is 17.1 Å². The molecule has 3 rings (SSSR count). The van der Waals surface area contributed by atoms with Crippen LogP contribution in [-0.4, -0.2) is 61.1 Å². The molecule has 6 heteroatoms. The number of hydrogen-bond donors (Lipinski definition) is 1. The van der Waals surface area contributed by atoms with Gasteiger partial charge in [0.1, 0.15) is 0 Å². The highest BCUT2D eigenvalue weighted by atomic mass is 16.5. The second-order valence-electron chi connectivity index (χ2n) is 8.14. The zero-order valence-corrected chi connectivity index (χ0v) is 17.2. The third-order valence-electron chi connectivity index (χ3n) is 5.94. The van der Waals surface area contributed by atoms with E-state index in [4.69, 9.17) is 4.74 Å². The summed E-state index contributed by atoms with van der Waals surface area (Å²) in [4.78, 5) is 28.7. The minimum atomic E-state index is -0.342. The smallest absolute Gasteiger partial charge is 0.338 e. The van der Waals surface area contributed by atoms with Gasteiger partial charge >= 0.3 is 12.0 Å². The maximum Gasteiger partial charge on any atom is 0.338 e. The molecule has 0 radical (unpaired) electrons. The van der Waals surface area contributed by atoms with Crippen LogP contribution in [0.2, 0.25) is 0 Å². The van der Waals surface area contributed by atoms with Gasteiger partial charge in [-0.25, -0.2) is 9.59 Å². The summed E-state index contributed by atoms with van der Waals surface area (Å²) in [5.74, 6) is 1.22. The Balaban J connectivity index is 1.42. The summed E-state index contributed by atoms with van der Waals surface area (Å²) in [6, 6.07) is 6.79. The third kappa shape index (κ3) is 5.71. The van der Waals surface area contributed by atoms with E-state index >= 15 is 0 Å². The van der Waals surface area contributed by atoms with Gasteiger partial charge in [0.05, 0.1) is 12.2 Å². The Hall–Kier alpha value is -2.08. The number of carbonyl (C=O) groups excluding carboxylic acids is 2. The van der Waals surface area contributed by atoms with Crippen molar-refractivity contribution < 1.29 is 14.3 Å². The zero-order valence-electron chi connectivity index (χ0n) is 17.2. The maximum atomic E-state index is 12.5. The van der Waals surface area contributed by atoms with E-state index in [1.54, 1.807) is 31.2 Å². The van der Waals surface area contributed by atoms with Crippen molar-refractivity contribution in [1.29, 1.82) is 0 Å². The number of benzene rings is 1. The Morgan fingerprint density at radius 3 is 2.29 bits per heavy atom. The first kappa shape index (κ1) is 20.6. The normalized spacial score (nSPS) is 19.4. The molecule has 2 aliphatic rings. The average molecular weight is 388 g/mol. The van der Waals surface area contributed by atoms with Crippen molar-refractivity contribution in [2.45, 2.75) is 39.5 Å². The van der Waals surface area contributed by atoms with Gasteiger partial charge in [-0.2, -0.15) is 0 Å². The molecule has 0 atom stereocenters. The highest BCUT2D eigenvalue weighted by Gasteiger charge is 2.25. The number of likely N-dealkylation sites (tertiary alicyclic amines) is 2. The van der Waals surface area contributed by atoms with Gasteiger partial charge in [0.25, 0.3) is 0 Å². The Kier molecular flexibility index (Phi) is 7.31. The van der Waals surface area contributed by atoms with Gasteiger partial charge in [0.2, 0.25) is 0 Å². The summed E-state index contributed by atoms with van der Waals surface area (Å²) in [5.41, 5.74) is 1.19. The van der Waals surface area contributed by atoms with E-state index in [1.165, 1.54) is 32.5 Å². The molecule has 0 saturated carbocycles. The van der Waals surface area contributed by atoms with Crippen molar-refractivity contribution in [1.82, 2.24) is 9.80 Å². The number of nitrogens with one attached hydrogen (secondary N) is 1. The number of carbonyl (C=O) groups is 2. The standard InChI is InChI=1S/C22H33N3O3/c1-3-28-21(26)19-4-6-20(7-5-19)23-22(27)25-14-10-18(11-15-25)16-24-12-8-17(2)9-13-24/h4-7,17-18H,3,8-16H2,1-2H3,(H,23,27). The zero-order chi connectivity index (χ0) is 19.9. The SMILES string of the molecule is CCOC(=O)c1ccc(NC(=O)N2CCC(CN3CCC(C)CC3)CC2)cc1. The van der Waals surface area contributed by atoms with E-state index in [9.17, 15) is 9.59 Å². The highest BCUT2D eigenvalue weighted by molar-refractivity contribution is 5.92. The number of esters is 1. The first-order valence-electron chi connectivity index (χ1n) is 10.6. The van der Waals surface area contributed by atoms with Crippen LogP contribution in [0.15, 0.2) is 24.3 Å². The lowest BCUT2D eigenvalue weighted by atomic mass is 9.93. The third-order valence-corrected chi connectivity index (χ3v) is 5.94. The van der Waals surface area contributed by atoms with Gasteiger partial charge in [-0.15, -0.1) is 0 Å². The van der Waals surface area contributed by atoms with Crippen molar-refractivity contribution in [2.24, 2.45) is 11.8 Å². The van der Waals surface area contributed by atoms with E-state index in [-0.39, 0.29) is 12.0 Å². The van der Waals surface area contributed by atoms with Gasteiger partial charge in [-0.1, -0.05) is 6.92 Å². The maximum absolute atomic E-state index is 12.5. The summed E-state index contributed by atoms with van der Waals surface area (Å²) in [6.45, 7) is 9.72. The quantitative estimate of drug-likeness (QED) is 0.780. The summed E-state index contributed by atoms with van der Waals surface area (Å²) in [6.07, 6.45) is 4.77. The molecule has 2 amide bonds. The first-order chi connectivity index (χ1) is 13.5. The largest absolute Gasteiger partial charge is 0.462 e. The van der Waals surface area contributed by atoms with Gasteiger partial charge in [0.15, 0.2) is 0 Å². The Morgan fingerprint density at radius 2 is 1.68 bits per heavy atom. The fraction of sp³-hybridized carbons (Fsp3) is 0.636. The molecule has 1 aromatic carbocycles. The lowest BCUT2D eigenvalue weighted by Crippen LogP contribution is -2.44. The van der Waals surface area contributed by atoms with Crippen molar-refractivity contribution in [3.8, 4) is 0 Å². The van der Waals surface area contributed by atoms with Crippen LogP contribution in [0.25, 0.3) is 0 Å². The van der Waals surface area contributed by atoms with Crippen molar-refractivity contribution in [3.63, 3.8) is 0 Å². The van der Waals surface area contributed by atoms with E-state index < -0.39 is 0 Å². The number of urea groups is 1. The van der Waals surface area contributed by atoms with Crippen molar-refractivity contribution in [2.75, 3.05) is 44.6 Å². The number of ether oxygens (including phenoxy) is 1. The lowest BCUT2D eigenvalue weighted by Gasteiger charge is -2.37. The van der Waals surface area contributed by atoms with Crippen LogP contribution in [0.3, 0.4) is 0 Å². The molecule has 154 valence electrons. The van der Waals surface area contributed by atoms with Crippen LogP contribution in [0.1, 0.15) is 49.9 Å². The van der Waals surface area contributed by atoms with E-state index in [1.807, 2.05) is 4.90 Å². The molecule has 2 fully saturated rings. The second kappa shape index (κ2) is 9.92. The lowest BCUT2D eigenvalue weighted by molar-refractivity contribution is 0.0526. The van der Waals surface area contributed by atoms with Crippen LogP contribution in [0.5, 0.6) is 0 Å². The molecule has 2 heterocycles. The van der Waals surface area contributed by atoms with Crippen LogP contribution >= 0.6 is 0 Å². The number of amides is 2. The summed E-state index contributed by atoms with van der Waals surface area (Å²) in [7, 11) is 0. The Bertz CT molecular complexity index is 645. The molecular formula is C22H33N3O3. The van der Waals surface area contributed by atoms with Crippen LogP contribution in [-0.2, 0) is 4.74 Å². The van der Waals surface area contributed by atoms with Crippen molar-refractivity contribution in [3.05, 3.63) is 29.8 Å². The topological polar surface area (TPSA) is 61.9 Å². The van der Waals surface area contributed by atoms with Gasteiger partial charge in [-0.05, 0) is 81.8 Å². The molecule has 2 saturated heterocycles. The molecular weight excluding hydrogens is 354 g/mol. The molecule has 1 aromatic rings. The van der Waals surface area contributed by atoms with Crippen LogP contribution in [0.4, 0.5) is 10.5 Å². The summed E-state index contributed by atoms with van der Waals surface area (Å²) < 4.78 is 4.98. The first-order valence-corrected chi connectivity index (χ1v) is 10.6. The predicted molar refractivity (Wildman–Crippen MR) is 111 cm³/mol. The van der Waals surface area contributed by atoms with Crippen molar-refractivity contribution >= 4 is 17.7 Å². The van der Waals surface area contributed by atoms with Crippen LogP contribution < -0.4 is 5.32 Å². The molecule has 0 spiro atoms. The monoisotopic (exact) mass is 387 g/mol. The molecule has 1 N–H and O–H groups in total. The second-order valence-corrected chi connectivity index (χ2v) is 8.14. The Labute approximate surface area is 168 Å². The van der Waals surface area contributed by atoms with Crippen LogP contribution in [0, 0.1) is 11.8 Å². The number of hydrogen-bond acceptors (Lipinski definition) is 4. The molecule has 6 nitrogen and oxygen atoms in total. The molecule has 0 bridgehead atoms. The van der Waals surface area contributed by atoms with E-state index in [0.29, 0.717) is 23.8 Å². The summed E-state index contributed by atoms with van der Waals surface area (Å²) >= 11 is 0. The fourth-order valence-corrected chi connectivity index (χ4v) is 4.04. The molecule has 28 heavy (non-hydrogen) atoms. The summed E-state index contributed by atoms with van der Waals surface area (Å²) in [5, 5.41) is 2.94. The highest BCUT2D eigenvalue weighted by Crippen LogP contribution is 2.23. The van der Waals surface area contributed by atoms with Gasteiger partial charge < -0.3 is 19.9 Å². The molecule has 0 aromatic heterocycles. The van der Waals surface area contributed by atoms with Gasteiger partial charge in [-0.3, -0.25) is 0 Å². The molecule has 0 unspecified atom stereocenters. The van der Waals surface area contributed by atoms with E-state index in [0.717, 1.165) is 31.8 Å². The Morgan fingerprint density at radius 1 is 1.04 bits per heavy atom. The number of rotatable bonds is 5. The molecule has 0 aliphatic carbocycles. The minimum Gasteiger partial charge on any atom is -0.462 e. The number of anilines is 1.